The van der Waals surface area contributed by atoms with Crippen molar-refractivity contribution in [2.45, 2.75) is 45.1 Å². The Kier molecular flexibility index (Phi) is 11.7. The van der Waals surface area contributed by atoms with Gasteiger partial charge in [0.05, 0.1) is 5.56 Å². The summed E-state index contributed by atoms with van der Waals surface area (Å²) in [7, 11) is 0. The van der Waals surface area contributed by atoms with Crippen molar-refractivity contribution in [1.82, 2.24) is 0 Å². The fraction of sp³-hybridized carbons (Fsp3) is 0.140. The number of carbonyl (C=O) groups excluding carboxylic acids is 1. The fourth-order valence-electron chi connectivity index (χ4n) is 6.63. The number of hydrogen-bond donors (Lipinski definition) is 0. The van der Waals surface area contributed by atoms with E-state index in [9.17, 15) is 4.79 Å². The minimum absolute atomic E-state index is 0.340. The second-order valence-corrected chi connectivity index (χ2v) is 13.8. The summed E-state index contributed by atoms with van der Waals surface area (Å²) in [5, 5.41) is 0. The predicted molar refractivity (Wildman–Crippen MR) is 219 cm³/mol. The van der Waals surface area contributed by atoms with E-state index < -0.39 is 18.2 Å². The average molecular weight is 755 g/mol. The monoisotopic (exact) mass is 754 g/mol. The van der Waals surface area contributed by atoms with Crippen LogP contribution in [0.25, 0.3) is 0 Å². The Morgan fingerprint density at radius 1 is 0.491 bits per heavy atom. The molecule has 0 spiro atoms. The third-order valence-electron chi connectivity index (χ3n) is 9.68. The van der Waals surface area contributed by atoms with Crippen LogP contribution in [0.2, 0.25) is 0 Å². The first-order valence-electron chi connectivity index (χ1n) is 19.0. The molecule has 0 bridgehead atoms. The fourth-order valence-corrected chi connectivity index (χ4v) is 6.63. The molecule has 0 saturated heterocycles. The van der Waals surface area contributed by atoms with Crippen molar-refractivity contribution in [3.8, 4) is 28.7 Å². The van der Waals surface area contributed by atoms with Crippen LogP contribution in [0.4, 0.5) is 0 Å². The second kappa shape index (κ2) is 18.1. The molecule has 7 nitrogen and oxygen atoms in total. The van der Waals surface area contributed by atoms with E-state index in [0.29, 0.717) is 61.4 Å². The number of esters is 1. The van der Waals surface area contributed by atoms with E-state index in [4.69, 9.17) is 28.4 Å². The van der Waals surface area contributed by atoms with Gasteiger partial charge in [0.15, 0.2) is 6.10 Å². The summed E-state index contributed by atoms with van der Waals surface area (Å²) in [5.74, 6) is 2.71. The number of carbonyl (C=O) groups is 1. The van der Waals surface area contributed by atoms with E-state index in [0.717, 1.165) is 39.1 Å². The molecule has 0 unspecified atom stereocenters. The van der Waals surface area contributed by atoms with Crippen LogP contribution < -0.4 is 23.7 Å². The zero-order valence-corrected chi connectivity index (χ0v) is 31.4. The van der Waals surface area contributed by atoms with E-state index in [1.807, 2.05) is 158 Å². The third kappa shape index (κ3) is 9.82. The summed E-state index contributed by atoms with van der Waals surface area (Å²) in [6.07, 6.45) is -0.978. The molecule has 0 fully saturated rings. The van der Waals surface area contributed by atoms with Crippen molar-refractivity contribution in [3.63, 3.8) is 0 Å². The minimum atomic E-state index is -0.690. The molecule has 0 N–H and O–H groups in total. The lowest BCUT2D eigenvalue weighted by atomic mass is 9.93. The molecule has 7 aromatic rings. The van der Waals surface area contributed by atoms with Gasteiger partial charge in [-0.3, -0.25) is 0 Å². The molecule has 1 heterocycles. The van der Waals surface area contributed by atoms with Gasteiger partial charge in [-0.2, -0.15) is 0 Å². The van der Waals surface area contributed by atoms with Gasteiger partial charge >= 0.3 is 5.97 Å². The first kappa shape index (κ1) is 37.0. The van der Waals surface area contributed by atoms with Crippen molar-refractivity contribution in [1.29, 1.82) is 0 Å². The number of rotatable bonds is 15. The van der Waals surface area contributed by atoms with E-state index >= 15 is 0 Å². The van der Waals surface area contributed by atoms with Crippen LogP contribution in [0.5, 0.6) is 28.7 Å². The van der Waals surface area contributed by atoms with Gasteiger partial charge in [0.2, 0.25) is 0 Å². The molecule has 284 valence electrons. The molecule has 0 saturated carbocycles. The Morgan fingerprint density at radius 3 is 1.42 bits per heavy atom. The van der Waals surface area contributed by atoms with Crippen LogP contribution >= 0.6 is 0 Å². The molecule has 0 aliphatic carbocycles. The highest BCUT2D eigenvalue weighted by Crippen LogP contribution is 2.44. The molecule has 2 atom stereocenters. The lowest BCUT2D eigenvalue weighted by molar-refractivity contribution is -0.0189. The largest absolute Gasteiger partial charge is 0.489 e. The second-order valence-electron chi connectivity index (χ2n) is 13.8. The summed E-state index contributed by atoms with van der Waals surface area (Å²) in [6.45, 7) is 1.59. The summed E-state index contributed by atoms with van der Waals surface area (Å²) in [4.78, 5) is 13.8. The summed E-state index contributed by atoms with van der Waals surface area (Å²) >= 11 is 0. The van der Waals surface area contributed by atoms with Gasteiger partial charge in [-0.15, -0.1) is 0 Å². The van der Waals surface area contributed by atoms with Gasteiger partial charge in [-0.25, -0.2) is 4.79 Å². The highest BCUT2D eigenvalue weighted by Gasteiger charge is 2.37. The van der Waals surface area contributed by atoms with Crippen molar-refractivity contribution in [2.75, 3.05) is 0 Å². The van der Waals surface area contributed by atoms with Crippen molar-refractivity contribution in [3.05, 3.63) is 221 Å². The molecular formula is C50H42O7. The summed E-state index contributed by atoms with van der Waals surface area (Å²) < 4.78 is 38.0. The molecule has 1 aliphatic heterocycles. The predicted octanol–water partition coefficient (Wildman–Crippen LogP) is 10.9. The highest BCUT2D eigenvalue weighted by atomic mass is 16.6. The molecule has 57 heavy (non-hydrogen) atoms. The Bertz CT molecular complexity index is 2330. The van der Waals surface area contributed by atoms with Gasteiger partial charge < -0.3 is 28.4 Å². The maximum Gasteiger partial charge on any atom is 0.338 e. The van der Waals surface area contributed by atoms with Gasteiger partial charge in [0, 0.05) is 24.1 Å². The minimum Gasteiger partial charge on any atom is -0.489 e. The van der Waals surface area contributed by atoms with Crippen LogP contribution in [-0.2, 0) is 37.6 Å². The first-order chi connectivity index (χ1) is 28.1. The number of fused-ring (bicyclic) bond motifs is 1. The smallest absolute Gasteiger partial charge is 0.338 e. The highest BCUT2D eigenvalue weighted by molar-refractivity contribution is 5.89. The molecular weight excluding hydrogens is 713 g/mol. The standard InChI is InChI=1S/C50H42O7/c51-50(41-23-27-43(28-24-41)53-33-37-15-7-2-8-16-37)57-48-31-45-46(55-35-39-19-11-4-12-20-39)29-44(54-34-38-17-9-3-10-18-38)30-47(45)56-49(48)40-21-25-42(26-22-40)52-32-36-13-5-1-6-14-36/h1-30,48-49H,31-35H2/t48-,49-/m1/s1. The van der Waals surface area contributed by atoms with Gasteiger partial charge in [0.1, 0.15) is 61.3 Å². The zero-order valence-electron chi connectivity index (χ0n) is 31.4. The van der Waals surface area contributed by atoms with Crippen molar-refractivity contribution >= 4 is 5.97 Å². The third-order valence-corrected chi connectivity index (χ3v) is 9.68. The lowest BCUT2D eigenvalue weighted by Crippen LogP contribution is -2.35. The van der Waals surface area contributed by atoms with E-state index in [1.165, 1.54) is 0 Å². The zero-order chi connectivity index (χ0) is 38.7. The van der Waals surface area contributed by atoms with Crippen LogP contribution in [0.3, 0.4) is 0 Å². The number of ether oxygens (including phenoxy) is 6. The van der Waals surface area contributed by atoms with Gasteiger partial charge in [-0.05, 0) is 64.2 Å². The molecule has 0 aromatic heterocycles. The maximum atomic E-state index is 13.8. The topological polar surface area (TPSA) is 72.5 Å². The van der Waals surface area contributed by atoms with Crippen LogP contribution in [0, 0.1) is 0 Å². The van der Waals surface area contributed by atoms with Crippen LogP contribution in [0.15, 0.2) is 182 Å². The van der Waals surface area contributed by atoms with Crippen molar-refractivity contribution < 1.29 is 33.2 Å². The molecule has 7 aromatic carbocycles. The Hall–Kier alpha value is -6.99. The van der Waals surface area contributed by atoms with E-state index in [1.54, 1.807) is 24.3 Å². The van der Waals surface area contributed by atoms with Crippen LogP contribution in [-0.4, -0.2) is 12.1 Å². The maximum absolute atomic E-state index is 13.8. The lowest BCUT2D eigenvalue weighted by Gasteiger charge is -2.34. The summed E-state index contributed by atoms with van der Waals surface area (Å²) in [5.41, 5.74) is 6.22. The number of hydrogen-bond acceptors (Lipinski definition) is 7. The van der Waals surface area contributed by atoms with Gasteiger partial charge in [-0.1, -0.05) is 133 Å². The molecule has 0 amide bonds. The summed E-state index contributed by atoms with van der Waals surface area (Å²) in [6, 6.07) is 58.5. The Balaban J connectivity index is 1.06. The Labute approximate surface area is 333 Å². The van der Waals surface area contributed by atoms with E-state index in [-0.39, 0.29) is 0 Å². The van der Waals surface area contributed by atoms with Gasteiger partial charge in [0.25, 0.3) is 0 Å². The molecule has 8 rings (SSSR count). The van der Waals surface area contributed by atoms with Crippen LogP contribution in [0.1, 0.15) is 49.8 Å². The normalized spacial score (nSPS) is 14.4. The average Bonchev–Trinajstić information content (AvgIpc) is 3.28. The molecule has 1 aliphatic rings. The molecule has 7 heteroatoms. The molecule has 0 radical (unpaired) electrons. The quantitative estimate of drug-likeness (QED) is 0.0965. The number of benzene rings is 7. The Morgan fingerprint density at radius 2 is 0.930 bits per heavy atom. The van der Waals surface area contributed by atoms with E-state index in [2.05, 4.69) is 0 Å². The first-order valence-corrected chi connectivity index (χ1v) is 19.0. The SMILES string of the molecule is O=C(O[C@@H]1Cc2c(OCc3ccccc3)cc(OCc3ccccc3)cc2O[C@@H]1c1ccc(OCc2ccccc2)cc1)c1ccc(OCc2ccccc2)cc1. The van der Waals surface area contributed by atoms with Crippen molar-refractivity contribution in [2.24, 2.45) is 0 Å².